The largest absolute Gasteiger partial charge is 0.315 e. The lowest BCUT2D eigenvalue weighted by Crippen LogP contribution is -2.34. The van der Waals surface area contributed by atoms with Crippen molar-refractivity contribution in [1.82, 2.24) is 9.62 Å². The lowest BCUT2D eigenvalue weighted by Gasteiger charge is -2.20. The van der Waals surface area contributed by atoms with Gasteiger partial charge in [-0.15, -0.1) is 0 Å². The number of sulfonamides is 1. The van der Waals surface area contributed by atoms with E-state index in [1.165, 1.54) is 4.31 Å². The van der Waals surface area contributed by atoms with Crippen LogP contribution in [-0.2, 0) is 10.0 Å². The number of halogens is 2. The first kappa shape index (κ1) is 14.3. The molecule has 7 heteroatoms. The molecule has 1 aliphatic heterocycles. The fraction of sp³-hybridized carbons (Fsp3) is 0.455. The minimum Gasteiger partial charge on any atom is -0.315 e. The third-order valence-electron chi connectivity index (χ3n) is 2.81. The van der Waals surface area contributed by atoms with Crippen LogP contribution in [0.1, 0.15) is 6.42 Å². The van der Waals surface area contributed by atoms with Crippen molar-refractivity contribution in [2.45, 2.75) is 11.3 Å². The quantitative estimate of drug-likeness (QED) is 0.885. The smallest absolute Gasteiger partial charge is 0.244 e. The molecule has 0 saturated carbocycles. The highest BCUT2D eigenvalue weighted by atomic mass is 79.9. The molecule has 1 saturated heterocycles. The van der Waals surface area contributed by atoms with E-state index in [9.17, 15) is 8.42 Å². The van der Waals surface area contributed by atoms with E-state index in [0.717, 1.165) is 17.4 Å². The van der Waals surface area contributed by atoms with Gasteiger partial charge in [-0.3, -0.25) is 0 Å². The Morgan fingerprint density at radius 2 is 2.06 bits per heavy atom. The number of nitrogens with one attached hydrogen (secondary N) is 1. The first-order valence-electron chi connectivity index (χ1n) is 5.68. The molecule has 1 aromatic carbocycles. The van der Waals surface area contributed by atoms with E-state index in [4.69, 9.17) is 11.6 Å². The lowest BCUT2D eigenvalue weighted by atomic mass is 10.4. The predicted octanol–water partition coefficient (Wildman–Crippen LogP) is 2.09. The zero-order valence-corrected chi connectivity index (χ0v) is 12.9. The van der Waals surface area contributed by atoms with E-state index >= 15 is 0 Å². The number of benzene rings is 1. The molecule has 4 nitrogen and oxygen atoms in total. The van der Waals surface area contributed by atoms with Crippen molar-refractivity contribution in [1.29, 1.82) is 0 Å². The molecule has 1 aromatic rings. The summed E-state index contributed by atoms with van der Waals surface area (Å²) in [6, 6.07) is 4.83. The van der Waals surface area contributed by atoms with E-state index in [1.807, 2.05) is 0 Å². The molecular formula is C11H14BrClN2O2S. The van der Waals surface area contributed by atoms with Crippen LogP contribution in [0.2, 0.25) is 5.02 Å². The van der Waals surface area contributed by atoms with Crippen molar-refractivity contribution in [3.63, 3.8) is 0 Å². The maximum Gasteiger partial charge on any atom is 0.244 e. The van der Waals surface area contributed by atoms with Gasteiger partial charge in [-0.25, -0.2) is 8.42 Å². The number of hydrogen-bond donors (Lipinski definition) is 1. The molecule has 0 amide bonds. The Hall–Kier alpha value is -0.140. The second-order valence-corrected chi connectivity index (χ2v) is 7.31. The van der Waals surface area contributed by atoms with Crippen molar-refractivity contribution in [2.24, 2.45) is 0 Å². The minimum atomic E-state index is -3.49. The van der Waals surface area contributed by atoms with Crippen molar-refractivity contribution < 1.29 is 8.42 Å². The van der Waals surface area contributed by atoms with Crippen LogP contribution < -0.4 is 5.32 Å². The van der Waals surface area contributed by atoms with Gasteiger partial charge in [-0.1, -0.05) is 27.5 Å². The van der Waals surface area contributed by atoms with E-state index in [1.54, 1.807) is 18.2 Å². The van der Waals surface area contributed by atoms with Crippen LogP contribution in [0.5, 0.6) is 0 Å². The van der Waals surface area contributed by atoms with E-state index in [0.29, 0.717) is 19.6 Å². The summed E-state index contributed by atoms with van der Waals surface area (Å²) < 4.78 is 27.2. The monoisotopic (exact) mass is 352 g/mol. The molecule has 18 heavy (non-hydrogen) atoms. The third kappa shape index (κ3) is 3.05. The summed E-state index contributed by atoms with van der Waals surface area (Å²) >= 11 is 9.29. The van der Waals surface area contributed by atoms with Gasteiger partial charge in [0.05, 0.1) is 5.02 Å². The molecule has 1 aliphatic rings. The van der Waals surface area contributed by atoms with Gasteiger partial charge >= 0.3 is 0 Å². The predicted molar refractivity (Wildman–Crippen MR) is 75.4 cm³/mol. The Kier molecular flexibility index (Phi) is 4.66. The zero-order valence-electron chi connectivity index (χ0n) is 9.70. The number of rotatable bonds is 2. The van der Waals surface area contributed by atoms with Gasteiger partial charge in [0, 0.05) is 24.1 Å². The van der Waals surface area contributed by atoms with Crippen molar-refractivity contribution in [3.8, 4) is 0 Å². The second-order valence-electron chi connectivity index (χ2n) is 4.08. The van der Waals surface area contributed by atoms with Crippen molar-refractivity contribution in [3.05, 3.63) is 27.7 Å². The summed E-state index contributed by atoms with van der Waals surface area (Å²) in [7, 11) is -3.49. The average molecular weight is 354 g/mol. The molecule has 0 aliphatic carbocycles. The van der Waals surface area contributed by atoms with Crippen LogP contribution in [0.3, 0.4) is 0 Å². The lowest BCUT2D eigenvalue weighted by molar-refractivity contribution is 0.432. The van der Waals surface area contributed by atoms with Gasteiger partial charge in [-0.05, 0) is 31.2 Å². The maximum atomic E-state index is 12.5. The molecule has 1 fully saturated rings. The van der Waals surface area contributed by atoms with Gasteiger partial charge in [0.15, 0.2) is 0 Å². The van der Waals surface area contributed by atoms with Gasteiger partial charge in [0.25, 0.3) is 0 Å². The van der Waals surface area contributed by atoms with Gasteiger partial charge in [0.1, 0.15) is 4.90 Å². The Labute approximate surface area is 120 Å². The molecule has 0 atom stereocenters. The van der Waals surface area contributed by atoms with Crippen LogP contribution in [0.4, 0.5) is 0 Å². The Morgan fingerprint density at radius 3 is 2.78 bits per heavy atom. The van der Waals surface area contributed by atoms with Gasteiger partial charge < -0.3 is 5.32 Å². The van der Waals surface area contributed by atoms with Crippen LogP contribution in [-0.4, -0.2) is 38.9 Å². The molecule has 2 rings (SSSR count). The van der Waals surface area contributed by atoms with Crippen LogP contribution in [0.25, 0.3) is 0 Å². The number of nitrogens with zero attached hydrogens (tertiary/aromatic N) is 1. The van der Waals surface area contributed by atoms with Crippen molar-refractivity contribution in [2.75, 3.05) is 26.2 Å². The summed E-state index contributed by atoms with van der Waals surface area (Å²) in [5.41, 5.74) is 0. The highest BCUT2D eigenvalue weighted by molar-refractivity contribution is 9.10. The van der Waals surface area contributed by atoms with Crippen molar-refractivity contribution >= 4 is 37.6 Å². The fourth-order valence-electron chi connectivity index (χ4n) is 1.88. The minimum absolute atomic E-state index is 0.175. The zero-order chi connectivity index (χ0) is 13.2. The van der Waals surface area contributed by atoms with Crippen LogP contribution in [0, 0.1) is 0 Å². The van der Waals surface area contributed by atoms with Gasteiger partial charge in [0.2, 0.25) is 10.0 Å². The summed E-state index contributed by atoms with van der Waals surface area (Å²) in [6.07, 6.45) is 0.813. The molecule has 0 bridgehead atoms. The topological polar surface area (TPSA) is 49.4 Å². The number of hydrogen-bond acceptors (Lipinski definition) is 3. The van der Waals surface area contributed by atoms with Gasteiger partial charge in [-0.2, -0.15) is 4.31 Å². The molecule has 0 spiro atoms. The first-order chi connectivity index (χ1) is 8.51. The molecule has 1 heterocycles. The normalized spacial score (nSPS) is 18.6. The standard InChI is InChI=1S/C11H14BrClN2O2S/c12-9-2-3-11(10(13)8-9)18(16,17)15-6-1-4-14-5-7-15/h2-3,8,14H,1,4-7H2. The first-order valence-corrected chi connectivity index (χ1v) is 8.29. The Balaban J connectivity index is 2.34. The highest BCUT2D eigenvalue weighted by Crippen LogP contribution is 2.27. The molecule has 100 valence electrons. The molecule has 0 aromatic heterocycles. The second kappa shape index (κ2) is 5.88. The summed E-state index contributed by atoms with van der Waals surface area (Å²) in [4.78, 5) is 0.175. The Morgan fingerprint density at radius 1 is 1.28 bits per heavy atom. The molecule has 0 radical (unpaired) electrons. The molecule has 0 unspecified atom stereocenters. The van der Waals surface area contributed by atoms with Crippen LogP contribution in [0.15, 0.2) is 27.6 Å². The Bertz CT molecular complexity index is 528. The SMILES string of the molecule is O=S(=O)(c1ccc(Br)cc1Cl)N1CCCNCC1. The summed E-state index contributed by atoms with van der Waals surface area (Å²) in [6.45, 7) is 2.53. The molecular weight excluding hydrogens is 340 g/mol. The highest BCUT2D eigenvalue weighted by Gasteiger charge is 2.27. The van der Waals surface area contributed by atoms with Crippen LogP contribution >= 0.6 is 27.5 Å². The fourth-order valence-corrected chi connectivity index (χ4v) is 4.38. The van der Waals surface area contributed by atoms with E-state index < -0.39 is 10.0 Å². The third-order valence-corrected chi connectivity index (χ3v) is 5.69. The summed E-state index contributed by atoms with van der Waals surface area (Å²) in [5.74, 6) is 0. The molecule has 1 N–H and O–H groups in total. The average Bonchev–Trinajstić information content (AvgIpc) is 2.57. The maximum absolute atomic E-state index is 12.5. The summed E-state index contributed by atoms with van der Waals surface area (Å²) in [5, 5.41) is 3.43. The van der Waals surface area contributed by atoms with E-state index in [-0.39, 0.29) is 9.92 Å². The van der Waals surface area contributed by atoms with E-state index in [2.05, 4.69) is 21.2 Å².